The van der Waals surface area contributed by atoms with Crippen molar-refractivity contribution in [3.63, 3.8) is 0 Å². The molecule has 55 heavy (non-hydrogen) atoms. The number of ether oxygens (including phenoxy) is 1. The highest BCUT2D eigenvalue weighted by Gasteiger charge is 2.48. The van der Waals surface area contributed by atoms with E-state index in [-0.39, 0.29) is 42.1 Å². The van der Waals surface area contributed by atoms with E-state index in [2.05, 4.69) is 14.8 Å². The van der Waals surface area contributed by atoms with Crippen LogP contribution in [0.2, 0.25) is 18.1 Å². The summed E-state index contributed by atoms with van der Waals surface area (Å²) in [5.74, 6) is -2.79. The third-order valence-corrected chi connectivity index (χ3v) is 14.9. The van der Waals surface area contributed by atoms with Crippen LogP contribution in [0, 0.1) is 17.2 Å². The van der Waals surface area contributed by atoms with Gasteiger partial charge in [-0.05, 0) is 92.9 Å². The first-order valence-corrected chi connectivity index (χ1v) is 22.5. The molecule has 10 nitrogen and oxygen atoms in total. The summed E-state index contributed by atoms with van der Waals surface area (Å²) in [6.45, 7) is 22.2. The molecule has 0 bridgehead atoms. The molecule has 0 saturated carbocycles. The fourth-order valence-corrected chi connectivity index (χ4v) is 7.26. The van der Waals surface area contributed by atoms with Crippen molar-refractivity contribution >= 4 is 36.2 Å². The van der Waals surface area contributed by atoms with Crippen molar-refractivity contribution in [1.82, 2.24) is 10.6 Å². The lowest BCUT2D eigenvalue weighted by Crippen LogP contribution is -2.55. The van der Waals surface area contributed by atoms with E-state index in [4.69, 9.17) is 9.16 Å². The van der Waals surface area contributed by atoms with Crippen molar-refractivity contribution in [2.45, 2.75) is 142 Å². The van der Waals surface area contributed by atoms with Gasteiger partial charge in [0.25, 0.3) is 0 Å². The number of amides is 2. The Bertz CT molecular complexity index is 1730. The summed E-state index contributed by atoms with van der Waals surface area (Å²) in [6.07, 6.45) is -1.73. The number of benzene rings is 2. The molecule has 0 saturated heterocycles. The van der Waals surface area contributed by atoms with Gasteiger partial charge in [0.1, 0.15) is 17.2 Å². The predicted molar refractivity (Wildman–Crippen MR) is 206 cm³/mol. The van der Waals surface area contributed by atoms with E-state index in [9.17, 15) is 36.0 Å². The van der Waals surface area contributed by atoms with Gasteiger partial charge in [-0.15, -0.1) is 0 Å². The zero-order chi connectivity index (χ0) is 42.4. The van der Waals surface area contributed by atoms with Gasteiger partial charge in [-0.25, -0.2) is 9.18 Å². The van der Waals surface area contributed by atoms with Crippen LogP contribution in [0.1, 0.15) is 93.2 Å². The molecule has 2 aromatic rings. The Labute approximate surface area is 324 Å². The molecule has 2 amide bonds. The maximum absolute atomic E-state index is 15.2. The minimum Gasteiger partial charge on any atom is -0.444 e. The van der Waals surface area contributed by atoms with Gasteiger partial charge in [-0.3, -0.25) is 9.59 Å². The number of rotatable bonds is 16. The molecule has 0 fully saturated rings. The van der Waals surface area contributed by atoms with Crippen molar-refractivity contribution in [3.8, 4) is 5.75 Å². The first kappa shape index (κ1) is 47.6. The Morgan fingerprint density at radius 3 is 1.87 bits per heavy atom. The van der Waals surface area contributed by atoms with Crippen molar-refractivity contribution in [2.24, 2.45) is 11.3 Å². The number of carbonyl (C=O) groups is 3. The largest absolute Gasteiger partial charge is 0.534 e. The Hall–Kier alpha value is -3.50. The molecule has 0 aliphatic rings. The maximum atomic E-state index is 15.2. The van der Waals surface area contributed by atoms with E-state index < -0.39 is 82.6 Å². The van der Waals surface area contributed by atoms with E-state index in [1.165, 1.54) is 24.3 Å². The van der Waals surface area contributed by atoms with Gasteiger partial charge >= 0.3 is 21.7 Å². The van der Waals surface area contributed by atoms with Crippen molar-refractivity contribution in [1.29, 1.82) is 0 Å². The number of hydrogen-bond donors (Lipinski definition) is 2. The van der Waals surface area contributed by atoms with Crippen LogP contribution in [0.15, 0.2) is 48.5 Å². The molecule has 0 spiro atoms. The number of hydrogen-bond acceptors (Lipinski definition) is 8. The van der Waals surface area contributed by atoms with Gasteiger partial charge < -0.3 is 24.0 Å². The third-order valence-electron chi connectivity index (χ3n) is 9.41. The molecule has 310 valence electrons. The zero-order valence-electron chi connectivity index (χ0n) is 33.9. The summed E-state index contributed by atoms with van der Waals surface area (Å²) in [5, 5.41) is 5.45. The summed E-state index contributed by atoms with van der Waals surface area (Å²) in [7, 11) is -8.65. The van der Waals surface area contributed by atoms with Gasteiger partial charge in [-0.2, -0.15) is 21.6 Å². The van der Waals surface area contributed by atoms with E-state index >= 15 is 4.39 Å². The van der Waals surface area contributed by atoms with Crippen molar-refractivity contribution < 1.29 is 53.7 Å². The fraction of sp³-hybridized carbons (Fsp3) is 0.615. The molecule has 2 N–H and O–H groups in total. The molecule has 0 aliphatic heterocycles. The highest BCUT2D eigenvalue weighted by atomic mass is 32.2. The molecule has 0 heterocycles. The minimum absolute atomic E-state index is 0.0161. The molecule has 0 unspecified atom stereocenters. The van der Waals surface area contributed by atoms with E-state index in [0.717, 1.165) is 12.1 Å². The summed E-state index contributed by atoms with van der Waals surface area (Å²) < 4.78 is 94.2. The average molecular weight is 819 g/mol. The normalized spacial score (nSPS) is 15.3. The van der Waals surface area contributed by atoms with Crippen LogP contribution in [0.3, 0.4) is 0 Å². The number of halogens is 4. The highest BCUT2D eigenvalue weighted by Crippen LogP contribution is 2.39. The Morgan fingerprint density at radius 1 is 0.836 bits per heavy atom. The molecule has 0 aliphatic carbocycles. The highest BCUT2D eigenvalue weighted by molar-refractivity contribution is 7.88. The van der Waals surface area contributed by atoms with Crippen LogP contribution < -0.4 is 14.8 Å². The summed E-state index contributed by atoms with van der Waals surface area (Å²) in [6, 6.07) is 9.04. The summed E-state index contributed by atoms with van der Waals surface area (Å²) in [5.41, 5.74) is -6.50. The van der Waals surface area contributed by atoms with Crippen LogP contribution in [0.4, 0.5) is 22.4 Å². The fourth-order valence-electron chi connectivity index (χ4n) is 5.43. The van der Waals surface area contributed by atoms with Crippen molar-refractivity contribution in [2.75, 3.05) is 0 Å². The molecule has 0 radical (unpaired) electrons. The standard InChI is InChI=1S/C39H58F4N2O8SSi/c1-13-31(46)33(36(2,3)4)45-34(47)27(23-26-16-14-15-17-29(26)40)24-32(53-55(11,12)38(8,9)10)30(44-35(48)51-37(5,6)7)22-25-18-20-28(21-19-25)52-54(49,50)39(41,42)43/h14-21,27,30,32-33H,13,22-24H2,1-12H3,(H,44,48)(H,45,47)/t27-,30+,32+,33-/m1/s1. The van der Waals surface area contributed by atoms with E-state index in [1.807, 2.05) is 54.6 Å². The Balaban J connectivity index is 2.75. The predicted octanol–water partition coefficient (Wildman–Crippen LogP) is 8.64. The van der Waals surface area contributed by atoms with Gasteiger partial charge in [-0.1, -0.05) is 78.8 Å². The maximum Gasteiger partial charge on any atom is 0.534 e. The molecular formula is C39H58F4N2O8SSi. The van der Waals surface area contributed by atoms with E-state index in [0.29, 0.717) is 5.56 Å². The molecule has 16 heteroatoms. The van der Waals surface area contributed by atoms with Gasteiger partial charge in [0.2, 0.25) is 5.91 Å². The second-order valence-corrected chi connectivity index (χ2v) is 23.7. The third kappa shape index (κ3) is 14.5. The van der Waals surface area contributed by atoms with Crippen LogP contribution in [0.5, 0.6) is 5.75 Å². The Morgan fingerprint density at radius 2 is 1.40 bits per heavy atom. The van der Waals surface area contributed by atoms with Gasteiger partial charge in [0.05, 0.1) is 18.2 Å². The van der Waals surface area contributed by atoms with Gasteiger partial charge in [0.15, 0.2) is 14.1 Å². The topological polar surface area (TPSA) is 137 Å². The molecule has 4 atom stereocenters. The first-order chi connectivity index (χ1) is 24.9. The first-order valence-electron chi connectivity index (χ1n) is 18.2. The van der Waals surface area contributed by atoms with E-state index in [1.54, 1.807) is 39.8 Å². The molecular weight excluding hydrogens is 761 g/mol. The lowest BCUT2D eigenvalue weighted by atomic mass is 9.82. The molecule has 0 aromatic heterocycles. The lowest BCUT2D eigenvalue weighted by molar-refractivity contribution is -0.133. The van der Waals surface area contributed by atoms with Crippen LogP contribution in [-0.2, 0) is 41.7 Å². The second kappa shape index (κ2) is 18.2. The SMILES string of the molecule is CCC(=O)[C@@H](NC(=O)[C@H](Cc1ccccc1F)C[C@H](O[Si](C)(C)C(C)(C)C)[C@H](Cc1ccc(OS(=O)(=O)C(F)(F)F)cc1)NC(=O)OC(C)(C)C)C(C)(C)C. The van der Waals surface area contributed by atoms with Gasteiger partial charge in [0, 0.05) is 12.3 Å². The number of Topliss-reactive ketones (excluding diaryl/α,β-unsaturated/α-hetero) is 1. The summed E-state index contributed by atoms with van der Waals surface area (Å²) >= 11 is 0. The average Bonchev–Trinajstić information content (AvgIpc) is 3.01. The van der Waals surface area contributed by atoms with Crippen LogP contribution >= 0.6 is 0 Å². The quantitative estimate of drug-likeness (QED) is 0.0744. The van der Waals surface area contributed by atoms with Crippen LogP contribution in [0.25, 0.3) is 0 Å². The number of alkyl halides is 3. The second-order valence-electron chi connectivity index (χ2n) is 17.4. The number of ketones is 1. The summed E-state index contributed by atoms with van der Waals surface area (Å²) in [4.78, 5) is 40.9. The van der Waals surface area contributed by atoms with Crippen molar-refractivity contribution in [3.05, 3.63) is 65.5 Å². The smallest absolute Gasteiger partial charge is 0.444 e. The van der Waals surface area contributed by atoms with Crippen LogP contribution in [-0.4, -0.2) is 63.8 Å². The Kier molecular flexibility index (Phi) is 15.7. The number of carbonyl (C=O) groups excluding carboxylic acids is 3. The number of alkyl carbamates (subject to hydrolysis) is 1. The minimum atomic E-state index is -5.92. The monoisotopic (exact) mass is 818 g/mol. The molecule has 2 rings (SSSR count). The zero-order valence-corrected chi connectivity index (χ0v) is 35.8. The lowest BCUT2D eigenvalue weighted by Gasteiger charge is -2.42. The number of nitrogens with one attached hydrogen (secondary N) is 2. The molecule has 2 aromatic carbocycles.